The summed E-state index contributed by atoms with van der Waals surface area (Å²) in [5.41, 5.74) is -0.386. The van der Waals surface area contributed by atoms with Crippen LogP contribution in [0.5, 0.6) is 0 Å². The van der Waals surface area contributed by atoms with Crippen molar-refractivity contribution >= 4 is 5.97 Å². The molecule has 2 aliphatic heterocycles. The lowest BCUT2D eigenvalue weighted by atomic mass is 9.51. The van der Waals surface area contributed by atoms with Crippen LogP contribution in [0.1, 0.15) is 26.2 Å². The van der Waals surface area contributed by atoms with Gasteiger partial charge in [0.15, 0.2) is 0 Å². The average Bonchev–Trinajstić information content (AvgIpc) is 3.07. The number of hydrogen-bond donors (Lipinski definition) is 2. The van der Waals surface area contributed by atoms with E-state index >= 15 is 0 Å². The summed E-state index contributed by atoms with van der Waals surface area (Å²) in [6.07, 6.45) is 0.320. The summed E-state index contributed by atoms with van der Waals surface area (Å²) in [6.45, 7) is 6.42. The first-order chi connectivity index (χ1) is 9.39. The topological polar surface area (TPSA) is 79.3 Å². The van der Waals surface area contributed by atoms with Crippen molar-refractivity contribution in [2.24, 2.45) is 17.3 Å². The van der Waals surface area contributed by atoms with Gasteiger partial charge in [-0.3, -0.25) is 0 Å². The maximum absolute atomic E-state index is 11.8. The maximum atomic E-state index is 11.8. The fourth-order valence-electron chi connectivity index (χ4n) is 4.94. The van der Waals surface area contributed by atoms with Crippen molar-refractivity contribution in [1.29, 1.82) is 0 Å². The van der Waals surface area contributed by atoms with E-state index in [1.165, 1.54) is 0 Å². The zero-order valence-corrected chi connectivity index (χ0v) is 11.5. The Bertz CT molecular complexity index is 496. The van der Waals surface area contributed by atoms with Crippen molar-refractivity contribution < 1.29 is 24.5 Å². The predicted molar refractivity (Wildman–Crippen MR) is 68.7 cm³/mol. The zero-order valence-electron chi connectivity index (χ0n) is 11.5. The van der Waals surface area contributed by atoms with Gasteiger partial charge in [-0.2, -0.15) is 0 Å². The molecule has 4 fully saturated rings. The van der Waals surface area contributed by atoms with Gasteiger partial charge in [0.05, 0.1) is 30.3 Å². The van der Waals surface area contributed by atoms with E-state index in [-0.39, 0.29) is 17.4 Å². The molecule has 110 valence electrons. The summed E-state index contributed by atoms with van der Waals surface area (Å²) in [6, 6.07) is 0. The van der Waals surface area contributed by atoms with Gasteiger partial charge in [0.25, 0.3) is 0 Å². The zero-order chi connectivity index (χ0) is 14.3. The van der Waals surface area contributed by atoms with Gasteiger partial charge in [-0.1, -0.05) is 13.5 Å². The van der Waals surface area contributed by atoms with Crippen LogP contribution in [0, 0.1) is 17.3 Å². The normalized spacial score (nSPS) is 57.2. The molecule has 0 aromatic heterocycles. The molecule has 4 rings (SSSR count). The molecule has 7 atom stereocenters. The summed E-state index contributed by atoms with van der Waals surface area (Å²) in [5.74, 6) is -0.832. The monoisotopic (exact) mass is 280 g/mol. The highest BCUT2D eigenvalue weighted by atomic mass is 16.6. The van der Waals surface area contributed by atoms with Crippen LogP contribution in [0.4, 0.5) is 0 Å². The molecule has 2 heterocycles. The standard InChI is InChI=1S/C15H20O5/c1-7-10-8(16)5-14(2)9(17)3-4-15(6-19-15)12(14)11(10)20-13(7)18/h8-12,16-17H,1,3-6H2,2H3/t8-,9-,10+,11-,12+,14-,15+/m0/s1. The average molecular weight is 280 g/mol. The fraction of sp³-hybridized carbons (Fsp3) is 0.800. The van der Waals surface area contributed by atoms with Gasteiger partial charge in [0.1, 0.15) is 6.10 Å². The Morgan fingerprint density at radius 3 is 2.75 bits per heavy atom. The van der Waals surface area contributed by atoms with Crippen LogP contribution in [0.25, 0.3) is 0 Å². The number of carbonyl (C=O) groups excluding carboxylic acids is 1. The summed E-state index contributed by atoms with van der Waals surface area (Å²) in [4.78, 5) is 11.8. The van der Waals surface area contributed by atoms with Gasteiger partial charge in [0.2, 0.25) is 0 Å². The molecule has 1 spiro atoms. The van der Waals surface area contributed by atoms with Crippen molar-refractivity contribution in [1.82, 2.24) is 0 Å². The number of ether oxygens (including phenoxy) is 2. The number of carbonyl (C=O) groups is 1. The van der Waals surface area contributed by atoms with Gasteiger partial charge in [-0.05, 0) is 19.3 Å². The van der Waals surface area contributed by atoms with E-state index in [0.29, 0.717) is 25.0 Å². The molecule has 0 aromatic carbocycles. The molecular formula is C15H20O5. The third-order valence-corrected chi connectivity index (χ3v) is 6.05. The van der Waals surface area contributed by atoms with Gasteiger partial charge in [-0.15, -0.1) is 0 Å². The molecule has 0 aromatic rings. The molecule has 5 heteroatoms. The van der Waals surface area contributed by atoms with E-state index in [9.17, 15) is 15.0 Å². The fourth-order valence-corrected chi connectivity index (χ4v) is 4.94. The molecule has 0 unspecified atom stereocenters. The smallest absolute Gasteiger partial charge is 0.334 e. The first-order valence-electron chi connectivity index (χ1n) is 7.29. The number of esters is 1. The van der Waals surface area contributed by atoms with Crippen molar-refractivity contribution in [2.45, 2.75) is 50.1 Å². The third-order valence-electron chi connectivity index (χ3n) is 6.05. The minimum atomic E-state index is -0.691. The molecule has 0 bridgehead atoms. The highest BCUT2D eigenvalue weighted by molar-refractivity contribution is 5.91. The van der Waals surface area contributed by atoms with Crippen LogP contribution in [0.15, 0.2) is 12.2 Å². The number of epoxide rings is 1. The molecule has 2 saturated carbocycles. The Hall–Kier alpha value is -0.910. The van der Waals surface area contributed by atoms with Crippen LogP contribution in [0.3, 0.4) is 0 Å². The number of aliphatic hydroxyl groups excluding tert-OH is 2. The van der Waals surface area contributed by atoms with E-state index in [1.54, 1.807) is 0 Å². The highest BCUT2D eigenvalue weighted by Crippen LogP contribution is 2.63. The first-order valence-corrected chi connectivity index (χ1v) is 7.29. The van der Waals surface area contributed by atoms with Crippen LogP contribution < -0.4 is 0 Å². The summed E-state index contributed by atoms with van der Waals surface area (Å²) in [7, 11) is 0. The van der Waals surface area contributed by atoms with Crippen molar-refractivity contribution in [3.63, 3.8) is 0 Å². The largest absolute Gasteiger partial charge is 0.458 e. The molecule has 2 aliphatic carbocycles. The number of rotatable bonds is 0. The lowest BCUT2D eigenvalue weighted by Crippen LogP contribution is -2.62. The maximum Gasteiger partial charge on any atom is 0.334 e. The van der Waals surface area contributed by atoms with Crippen LogP contribution >= 0.6 is 0 Å². The Morgan fingerprint density at radius 2 is 2.10 bits per heavy atom. The Kier molecular flexibility index (Phi) is 2.33. The van der Waals surface area contributed by atoms with Crippen LogP contribution in [0.2, 0.25) is 0 Å². The summed E-state index contributed by atoms with van der Waals surface area (Å²) < 4.78 is 11.2. The quantitative estimate of drug-likeness (QED) is 0.381. The number of hydrogen-bond acceptors (Lipinski definition) is 5. The molecule has 5 nitrogen and oxygen atoms in total. The molecule has 2 N–H and O–H groups in total. The molecule has 0 radical (unpaired) electrons. The molecule has 20 heavy (non-hydrogen) atoms. The van der Waals surface area contributed by atoms with E-state index < -0.39 is 29.7 Å². The van der Waals surface area contributed by atoms with Gasteiger partial charge >= 0.3 is 5.97 Å². The third kappa shape index (κ3) is 1.36. The van der Waals surface area contributed by atoms with E-state index in [0.717, 1.165) is 6.42 Å². The van der Waals surface area contributed by atoms with Crippen LogP contribution in [-0.2, 0) is 14.3 Å². The van der Waals surface area contributed by atoms with Gasteiger partial charge in [0, 0.05) is 16.9 Å². The number of fused-ring (bicyclic) bond motifs is 4. The number of aliphatic hydroxyl groups is 2. The molecule has 2 saturated heterocycles. The Morgan fingerprint density at radius 1 is 1.40 bits per heavy atom. The first kappa shape index (κ1) is 12.8. The molecule has 4 aliphatic rings. The second kappa shape index (κ2) is 3.64. The lowest BCUT2D eigenvalue weighted by Gasteiger charge is -2.55. The molecular weight excluding hydrogens is 260 g/mol. The summed E-state index contributed by atoms with van der Waals surface area (Å²) in [5, 5.41) is 20.9. The van der Waals surface area contributed by atoms with Crippen LogP contribution in [-0.4, -0.2) is 46.7 Å². The highest BCUT2D eigenvalue weighted by Gasteiger charge is 2.71. The molecule has 0 amide bonds. The predicted octanol–water partition coefficient (Wildman–Crippen LogP) is 0.395. The minimum Gasteiger partial charge on any atom is -0.458 e. The van der Waals surface area contributed by atoms with E-state index in [1.807, 2.05) is 6.92 Å². The SMILES string of the molecule is C=C1C(=O)O[C@H]2[C@H]1[C@@H](O)C[C@@]1(C)[C@@H](O)CC[C@@]3(CO3)[C@H]21. The van der Waals surface area contributed by atoms with E-state index in [4.69, 9.17) is 9.47 Å². The summed E-state index contributed by atoms with van der Waals surface area (Å²) >= 11 is 0. The second-order valence-electron chi connectivity index (χ2n) is 7.08. The Balaban J connectivity index is 1.80. The Labute approximate surface area is 117 Å². The van der Waals surface area contributed by atoms with Crippen molar-refractivity contribution in [3.05, 3.63) is 12.2 Å². The van der Waals surface area contributed by atoms with Gasteiger partial charge < -0.3 is 19.7 Å². The van der Waals surface area contributed by atoms with E-state index in [2.05, 4.69) is 6.58 Å². The minimum absolute atomic E-state index is 0.0599. The van der Waals surface area contributed by atoms with Crippen molar-refractivity contribution in [2.75, 3.05) is 6.61 Å². The second-order valence-corrected chi connectivity index (χ2v) is 7.08. The van der Waals surface area contributed by atoms with Gasteiger partial charge in [-0.25, -0.2) is 4.79 Å². The lowest BCUT2D eigenvalue weighted by molar-refractivity contribution is -0.189. The van der Waals surface area contributed by atoms with Crippen molar-refractivity contribution in [3.8, 4) is 0 Å².